The summed E-state index contributed by atoms with van der Waals surface area (Å²) in [5, 5.41) is 6.43. The average molecular weight is 377 g/mol. The lowest BCUT2D eigenvalue weighted by atomic mass is 10.1. The number of carbonyl (C=O) groups is 2. The first-order valence-corrected chi connectivity index (χ1v) is 9.46. The molecule has 0 radical (unpaired) electrons. The molecule has 2 rings (SSSR count). The molecule has 0 heterocycles. The second-order valence-corrected chi connectivity index (χ2v) is 7.14. The molecule has 0 saturated heterocycles. The number of hydrogen-bond acceptors (Lipinski definition) is 3. The van der Waals surface area contributed by atoms with E-state index in [1.165, 1.54) is 6.92 Å². The van der Waals surface area contributed by atoms with Crippen molar-refractivity contribution in [3.8, 4) is 0 Å². The first-order valence-electron chi connectivity index (χ1n) is 7.93. The first kappa shape index (κ1) is 19.3. The lowest BCUT2D eigenvalue weighted by Gasteiger charge is -2.15. The fraction of sp³-hybridized carbons (Fsp3) is 0.263. The number of benzene rings is 2. The van der Waals surface area contributed by atoms with Crippen LogP contribution in [-0.4, -0.2) is 17.6 Å². The van der Waals surface area contributed by atoms with Gasteiger partial charge in [-0.15, -0.1) is 11.8 Å². The summed E-state index contributed by atoms with van der Waals surface area (Å²) in [4.78, 5) is 23.2. The predicted octanol–water partition coefficient (Wildman–Crippen LogP) is 4.41. The molecule has 0 aliphatic rings. The Kier molecular flexibility index (Phi) is 7.34. The average Bonchev–Trinajstić information content (AvgIpc) is 2.56. The summed E-state index contributed by atoms with van der Waals surface area (Å²) < 4.78 is 0. The lowest BCUT2D eigenvalue weighted by Crippen LogP contribution is -2.28. The second-order valence-electron chi connectivity index (χ2n) is 5.72. The number of nitrogens with one attached hydrogen (secondary N) is 2. The van der Waals surface area contributed by atoms with Crippen LogP contribution in [0.2, 0.25) is 5.02 Å². The summed E-state index contributed by atoms with van der Waals surface area (Å²) >= 11 is 7.41. The summed E-state index contributed by atoms with van der Waals surface area (Å²) in [5.74, 6) is 1.01. The van der Waals surface area contributed by atoms with Gasteiger partial charge in [0.1, 0.15) is 0 Å². The Morgan fingerprint density at radius 3 is 2.56 bits per heavy atom. The molecule has 132 valence electrons. The number of hydrogen-bond donors (Lipinski definition) is 2. The van der Waals surface area contributed by atoms with Crippen LogP contribution < -0.4 is 10.6 Å². The van der Waals surface area contributed by atoms with Crippen molar-refractivity contribution < 1.29 is 9.59 Å². The SMILES string of the molecule is CC(=O)Nc1cccc(C(C)NC(=O)CSCc2ccc(Cl)cc2)c1. The van der Waals surface area contributed by atoms with Crippen molar-refractivity contribution in [2.75, 3.05) is 11.1 Å². The van der Waals surface area contributed by atoms with E-state index in [9.17, 15) is 9.59 Å². The van der Waals surface area contributed by atoms with Crippen LogP contribution in [0.15, 0.2) is 48.5 Å². The largest absolute Gasteiger partial charge is 0.349 e. The Balaban J connectivity index is 1.81. The van der Waals surface area contributed by atoms with Crippen LogP contribution in [0.5, 0.6) is 0 Å². The molecule has 2 aromatic rings. The predicted molar refractivity (Wildman–Crippen MR) is 105 cm³/mol. The van der Waals surface area contributed by atoms with Crippen molar-refractivity contribution >= 4 is 40.9 Å². The van der Waals surface area contributed by atoms with E-state index in [1.807, 2.05) is 55.5 Å². The Bertz CT molecular complexity index is 734. The van der Waals surface area contributed by atoms with Gasteiger partial charge in [0.15, 0.2) is 0 Å². The molecule has 1 atom stereocenters. The molecule has 0 aliphatic carbocycles. The minimum absolute atomic E-state index is 0.0172. The van der Waals surface area contributed by atoms with Crippen LogP contribution in [0.1, 0.15) is 31.0 Å². The molecular formula is C19H21ClN2O2S. The molecular weight excluding hydrogens is 356 g/mol. The fourth-order valence-corrected chi connectivity index (χ4v) is 3.22. The zero-order valence-corrected chi connectivity index (χ0v) is 15.8. The molecule has 0 aromatic heterocycles. The van der Waals surface area contributed by atoms with Crippen molar-refractivity contribution in [1.29, 1.82) is 0 Å². The van der Waals surface area contributed by atoms with Crippen LogP contribution in [-0.2, 0) is 15.3 Å². The highest BCUT2D eigenvalue weighted by atomic mass is 35.5. The Morgan fingerprint density at radius 1 is 1.16 bits per heavy atom. The number of carbonyl (C=O) groups excluding carboxylic acids is 2. The van der Waals surface area contributed by atoms with E-state index >= 15 is 0 Å². The summed E-state index contributed by atoms with van der Waals surface area (Å²) in [7, 11) is 0. The maximum atomic E-state index is 12.1. The van der Waals surface area contributed by atoms with E-state index in [0.717, 1.165) is 22.6 Å². The van der Waals surface area contributed by atoms with Crippen LogP contribution >= 0.6 is 23.4 Å². The van der Waals surface area contributed by atoms with E-state index in [0.29, 0.717) is 10.8 Å². The van der Waals surface area contributed by atoms with Gasteiger partial charge in [0.25, 0.3) is 0 Å². The van der Waals surface area contributed by atoms with Gasteiger partial charge in [-0.2, -0.15) is 0 Å². The third-order valence-corrected chi connectivity index (χ3v) is 4.76. The molecule has 2 aromatic carbocycles. The first-order chi connectivity index (χ1) is 11.9. The summed E-state index contributed by atoms with van der Waals surface area (Å²) in [5.41, 5.74) is 2.81. The lowest BCUT2D eigenvalue weighted by molar-refractivity contribution is -0.119. The van der Waals surface area contributed by atoms with Crippen LogP contribution in [0, 0.1) is 0 Å². The summed E-state index contributed by atoms with van der Waals surface area (Å²) in [6.45, 7) is 3.39. The smallest absolute Gasteiger partial charge is 0.230 e. The Hall–Kier alpha value is -1.98. The highest BCUT2D eigenvalue weighted by Crippen LogP contribution is 2.19. The second kappa shape index (κ2) is 9.49. The van der Waals surface area contributed by atoms with Crippen molar-refractivity contribution in [3.63, 3.8) is 0 Å². The number of rotatable bonds is 7. The number of amides is 2. The van der Waals surface area contributed by atoms with Gasteiger partial charge in [-0.25, -0.2) is 0 Å². The maximum Gasteiger partial charge on any atom is 0.230 e. The molecule has 6 heteroatoms. The normalized spacial score (nSPS) is 11.6. The Labute approximate surface area is 157 Å². The van der Waals surface area contributed by atoms with Crippen LogP contribution in [0.25, 0.3) is 0 Å². The van der Waals surface area contributed by atoms with Crippen molar-refractivity contribution in [2.45, 2.75) is 25.6 Å². The zero-order valence-electron chi connectivity index (χ0n) is 14.2. The molecule has 1 unspecified atom stereocenters. The van der Waals surface area contributed by atoms with Gasteiger partial charge in [-0.3, -0.25) is 9.59 Å². The highest BCUT2D eigenvalue weighted by molar-refractivity contribution is 7.99. The minimum atomic E-state index is -0.127. The highest BCUT2D eigenvalue weighted by Gasteiger charge is 2.10. The van der Waals surface area contributed by atoms with Crippen molar-refractivity contribution in [2.24, 2.45) is 0 Å². The van der Waals surface area contributed by atoms with Crippen LogP contribution in [0.4, 0.5) is 5.69 Å². The Morgan fingerprint density at radius 2 is 1.88 bits per heavy atom. The molecule has 25 heavy (non-hydrogen) atoms. The van der Waals surface area contributed by atoms with Gasteiger partial charge in [0.2, 0.25) is 11.8 Å². The van der Waals surface area contributed by atoms with E-state index in [4.69, 9.17) is 11.6 Å². The number of halogens is 1. The molecule has 0 saturated carbocycles. The standard InChI is InChI=1S/C19H21ClN2O2S/c1-13(16-4-3-5-18(10-16)22-14(2)23)21-19(24)12-25-11-15-6-8-17(20)9-7-15/h3-10,13H,11-12H2,1-2H3,(H,21,24)(H,22,23). The fourth-order valence-electron chi connectivity index (χ4n) is 2.30. The van der Waals surface area contributed by atoms with Crippen molar-refractivity contribution in [3.05, 3.63) is 64.7 Å². The molecule has 0 bridgehead atoms. The number of anilines is 1. The van der Waals surface area contributed by atoms with Crippen molar-refractivity contribution in [1.82, 2.24) is 5.32 Å². The van der Waals surface area contributed by atoms with Gasteiger partial charge >= 0.3 is 0 Å². The molecule has 0 aliphatic heterocycles. The van der Waals surface area contributed by atoms with E-state index in [2.05, 4.69) is 10.6 Å². The summed E-state index contributed by atoms with van der Waals surface area (Å²) in [6.07, 6.45) is 0. The zero-order chi connectivity index (χ0) is 18.2. The number of thioether (sulfide) groups is 1. The van der Waals surface area contributed by atoms with Gasteiger partial charge < -0.3 is 10.6 Å². The van der Waals surface area contributed by atoms with Crippen LogP contribution in [0.3, 0.4) is 0 Å². The molecule has 0 fully saturated rings. The molecule has 2 amide bonds. The molecule has 4 nitrogen and oxygen atoms in total. The van der Waals surface area contributed by atoms with Gasteiger partial charge in [0.05, 0.1) is 11.8 Å². The third kappa shape index (κ3) is 6.80. The van der Waals surface area contributed by atoms with Gasteiger partial charge in [-0.1, -0.05) is 35.9 Å². The van der Waals surface area contributed by atoms with E-state index < -0.39 is 0 Å². The van der Waals surface area contributed by atoms with Gasteiger partial charge in [-0.05, 0) is 42.3 Å². The maximum absolute atomic E-state index is 12.1. The quantitative estimate of drug-likeness (QED) is 0.752. The molecule has 0 spiro atoms. The third-order valence-electron chi connectivity index (χ3n) is 3.50. The monoisotopic (exact) mass is 376 g/mol. The minimum Gasteiger partial charge on any atom is -0.349 e. The van der Waals surface area contributed by atoms with E-state index in [1.54, 1.807) is 11.8 Å². The molecule has 2 N–H and O–H groups in total. The van der Waals surface area contributed by atoms with E-state index in [-0.39, 0.29) is 17.9 Å². The van der Waals surface area contributed by atoms with Gasteiger partial charge in [0, 0.05) is 23.4 Å². The topological polar surface area (TPSA) is 58.2 Å². The summed E-state index contributed by atoms with van der Waals surface area (Å²) in [6, 6.07) is 15.0.